The standard InChI is InChI=1S/C23H26Cl2N4O3/c1-26-19-9-15-14(12-27-19)8-16(29-23(15)28-11-13-4-6-32-7-5-13)20-21(24)17(30-2)10-18(31-3)22(20)25/h8-10,12-13H,4-7,11H2,1-3H3,(H,26,27)(H,28,29). The molecule has 2 aromatic heterocycles. The van der Waals surface area contributed by atoms with Crippen LogP contribution in [0.2, 0.25) is 10.0 Å². The van der Waals surface area contributed by atoms with Crippen molar-refractivity contribution < 1.29 is 14.2 Å². The van der Waals surface area contributed by atoms with Gasteiger partial charge >= 0.3 is 0 Å². The molecule has 1 aliphatic rings. The largest absolute Gasteiger partial charge is 0.495 e. The van der Waals surface area contributed by atoms with Gasteiger partial charge in [0.2, 0.25) is 0 Å². The molecule has 0 unspecified atom stereocenters. The van der Waals surface area contributed by atoms with Crippen LogP contribution < -0.4 is 20.1 Å². The van der Waals surface area contributed by atoms with Crippen molar-refractivity contribution in [3.8, 4) is 22.8 Å². The van der Waals surface area contributed by atoms with Crippen LogP contribution in [-0.2, 0) is 4.74 Å². The predicted molar refractivity (Wildman–Crippen MR) is 130 cm³/mol. The van der Waals surface area contributed by atoms with E-state index in [0.717, 1.165) is 55.0 Å². The molecule has 1 saturated heterocycles. The van der Waals surface area contributed by atoms with Gasteiger partial charge in [0.25, 0.3) is 0 Å². The number of ether oxygens (including phenoxy) is 3. The van der Waals surface area contributed by atoms with Gasteiger partial charge in [-0.1, -0.05) is 23.2 Å². The minimum Gasteiger partial charge on any atom is -0.495 e. The Hall–Kier alpha value is -2.48. The van der Waals surface area contributed by atoms with E-state index in [9.17, 15) is 0 Å². The van der Waals surface area contributed by atoms with Gasteiger partial charge in [-0.25, -0.2) is 9.97 Å². The topological polar surface area (TPSA) is 77.5 Å². The summed E-state index contributed by atoms with van der Waals surface area (Å²) in [6, 6.07) is 5.57. The van der Waals surface area contributed by atoms with Crippen molar-refractivity contribution in [2.45, 2.75) is 12.8 Å². The summed E-state index contributed by atoms with van der Waals surface area (Å²) in [6.07, 6.45) is 3.86. The van der Waals surface area contributed by atoms with Crippen molar-refractivity contribution in [3.63, 3.8) is 0 Å². The monoisotopic (exact) mass is 476 g/mol. The number of hydrogen-bond donors (Lipinski definition) is 2. The SMILES string of the molecule is CNc1cc2c(NCC3CCOCC3)nc(-c3c(Cl)c(OC)cc(OC)c3Cl)cc2cn1. The lowest BCUT2D eigenvalue weighted by Gasteiger charge is -2.23. The van der Waals surface area contributed by atoms with E-state index in [4.69, 9.17) is 42.4 Å². The summed E-state index contributed by atoms with van der Waals surface area (Å²) in [6.45, 7) is 2.39. The molecule has 2 N–H and O–H groups in total. The number of nitrogens with one attached hydrogen (secondary N) is 2. The van der Waals surface area contributed by atoms with Gasteiger partial charge < -0.3 is 24.8 Å². The molecule has 3 aromatic rings. The molecule has 9 heteroatoms. The van der Waals surface area contributed by atoms with E-state index in [1.54, 1.807) is 20.3 Å². The third kappa shape index (κ3) is 4.51. The van der Waals surface area contributed by atoms with E-state index < -0.39 is 0 Å². The van der Waals surface area contributed by atoms with Crippen molar-refractivity contribution in [1.29, 1.82) is 0 Å². The Bertz CT molecular complexity index is 1090. The number of aromatic nitrogens is 2. The van der Waals surface area contributed by atoms with E-state index in [-0.39, 0.29) is 0 Å². The highest BCUT2D eigenvalue weighted by Crippen LogP contribution is 2.46. The van der Waals surface area contributed by atoms with Crippen LogP contribution >= 0.6 is 23.2 Å². The van der Waals surface area contributed by atoms with Crippen molar-refractivity contribution in [2.75, 3.05) is 51.7 Å². The summed E-state index contributed by atoms with van der Waals surface area (Å²) < 4.78 is 16.4. The Labute approximate surface area is 197 Å². The van der Waals surface area contributed by atoms with Gasteiger partial charge in [-0.15, -0.1) is 0 Å². The molecular weight excluding hydrogens is 451 g/mol. The van der Waals surface area contributed by atoms with Crippen LogP contribution in [0, 0.1) is 5.92 Å². The van der Waals surface area contributed by atoms with Gasteiger partial charge in [0.1, 0.15) is 23.1 Å². The highest BCUT2D eigenvalue weighted by atomic mass is 35.5. The molecule has 0 amide bonds. The molecule has 0 saturated carbocycles. The highest BCUT2D eigenvalue weighted by Gasteiger charge is 2.22. The minimum absolute atomic E-state index is 0.375. The highest BCUT2D eigenvalue weighted by molar-refractivity contribution is 6.41. The van der Waals surface area contributed by atoms with Gasteiger partial charge in [0.15, 0.2) is 0 Å². The summed E-state index contributed by atoms with van der Waals surface area (Å²) in [5.41, 5.74) is 1.16. The fourth-order valence-electron chi connectivity index (χ4n) is 3.85. The molecule has 3 heterocycles. The number of fused-ring (bicyclic) bond motifs is 1. The summed E-state index contributed by atoms with van der Waals surface area (Å²) in [4.78, 5) is 9.39. The van der Waals surface area contributed by atoms with E-state index in [0.29, 0.717) is 38.7 Å². The van der Waals surface area contributed by atoms with Gasteiger partial charge in [-0.3, -0.25) is 0 Å². The van der Waals surface area contributed by atoms with Crippen molar-refractivity contribution in [1.82, 2.24) is 9.97 Å². The molecule has 0 bridgehead atoms. The van der Waals surface area contributed by atoms with Crippen molar-refractivity contribution >= 4 is 45.6 Å². The Balaban J connectivity index is 1.84. The normalized spacial score (nSPS) is 14.4. The van der Waals surface area contributed by atoms with E-state index in [1.807, 2.05) is 25.4 Å². The molecule has 1 aromatic carbocycles. The van der Waals surface area contributed by atoms with Crippen LogP contribution in [0.5, 0.6) is 11.5 Å². The smallest absolute Gasteiger partial charge is 0.141 e. The van der Waals surface area contributed by atoms with Crippen LogP contribution in [0.3, 0.4) is 0 Å². The zero-order valence-corrected chi connectivity index (χ0v) is 19.8. The van der Waals surface area contributed by atoms with Gasteiger partial charge in [-0.05, 0) is 30.9 Å². The fraction of sp³-hybridized carbons (Fsp3) is 0.391. The average Bonchev–Trinajstić information content (AvgIpc) is 2.83. The molecule has 1 fully saturated rings. The Kier molecular flexibility index (Phi) is 7.08. The van der Waals surface area contributed by atoms with Gasteiger partial charge in [-0.2, -0.15) is 0 Å². The average molecular weight is 477 g/mol. The predicted octanol–water partition coefficient (Wildman–Crippen LogP) is 5.50. The lowest BCUT2D eigenvalue weighted by Crippen LogP contribution is -2.23. The van der Waals surface area contributed by atoms with E-state index >= 15 is 0 Å². The lowest BCUT2D eigenvalue weighted by atomic mass is 10.0. The fourth-order valence-corrected chi connectivity index (χ4v) is 4.54. The molecule has 4 rings (SSSR count). The van der Waals surface area contributed by atoms with Crippen molar-refractivity contribution in [2.24, 2.45) is 5.92 Å². The Morgan fingerprint density at radius 1 is 1.06 bits per heavy atom. The molecule has 7 nitrogen and oxygen atoms in total. The first kappa shape index (κ1) is 22.7. The molecule has 1 aliphatic heterocycles. The molecule has 170 valence electrons. The maximum absolute atomic E-state index is 6.66. The number of anilines is 2. The van der Waals surface area contributed by atoms with Crippen LogP contribution in [0.25, 0.3) is 22.0 Å². The zero-order valence-electron chi connectivity index (χ0n) is 18.3. The number of nitrogens with zero attached hydrogens (tertiary/aromatic N) is 2. The Morgan fingerprint density at radius 2 is 1.75 bits per heavy atom. The van der Waals surface area contributed by atoms with Crippen LogP contribution in [0.15, 0.2) is 24.4 Å². The first-order valence-corrected chi connectivity index (χ1v) is 11.2. The van der Waals surface area contributed by atoms with Gasteiger partial charge in [0.05, 0.1) is 30.0 Å². The number of pyridine rings is 2. The third-order valence-electron chi connectivity index (χ3n) is 5.70. The molecular formula is C23H26Cl2N4O3. The molecule has 0 radical (unpaired) electrons. The molecule has 32 heavy (non-hydrogen) atoms. The maximum Gasteiger partial charge on any atom is 0.141 e. The van der Waals surface area contributed by atoms with E-state index in [2.05, 4.69) is 15.6 Å². The number of benzene rings is 1. The van der Waals surface area contributed by atoms with Crippen molar-refractivity contribution in [3.05, 3.63) is 34.4 Å². The van der Waals surface area contributed by atoms with Gasteiger partial charge in [0, 0.05) is 55.4 Å². The molecule has 0 atom stereocenters. The summed E-state index contributed by atoms with van der Waals surface area (Å²) >= 11 is 13.3. The Morgan fingerprint density at radius 3 is 2.38 bits per heavy atom. The van der Waals surface area contributed by atoms with Crippen LogP contribution in [0.1, 0.15) is 12.8 Å². The maximum atomic E-state index is 6.66. The second-order valence-corrected chi connectivity index (χ2v) is 8.37. The third-order valence-corrected chi connectivity index (χ3v) is 6.45. The van der Waals surface area contributed by atoms with Crippen LogP contribution in [-0.4, -0.2) is 51.0 Å². The second kappa shape index (κ2) is 9.98. The first-order chi connectivity index (χ1) is 15.5. The minimum atomic E-state index is 0.375. The van der Waals surface area contributed by atoms with Crippen LogP contribution in [0.4, 0.5) is 11.6 Å². The quantitative estimate of drug-likeness (QED) is 0.465. The van der Waals surface area contributed by atoms with E-state index in [1.165, 1.54) is 0 Å². The number of rotatable bonds is 7. The summed E-state index contributed by atoms with van der Waals surface area (Å²) in [5.74, 6) is 2.96. The molecule has 0 aliphatic carbocycles. The number of halogens is 2. The number of hydrogen-bond acceptors (Lipinski definition) is 7. The lowest BCUT2D eigenvalue weighted by molar-refractivity contribution is 0.0699. The summed E-state index contributed by atoms with van der Waals surface area (Å²) in [5, 5.41) is 9.26. The zero-order chi connectivity index (χ0) is 22.7. The number of methoxy groups -OCH3 is 2. The second-order valence-electron chi connectivity index (χ2n) is 7.62. The first-order valence-electron chi connectivity index (χ1n) is 10.5. The summed E-state index contributed by atoms with van der Waals surface area (Å²) in [7, 11) is 4.94. The molecule has 0 spiro atoms.